The van der Waals surface area contributed by atoms with Crippen LogP contribution < -0.4 is 0 Å². The second-order valence-corrected chi connectivity index (χ2v) is 10.5. The van der Waals surface area contributed by atoms with Crippen LogP contribution in [0, 0.1) is 5.92 Å². The molecule has 182 valence electrons. The van der Waals surface area contributed by atoms with Gasteiger partial charge < -0.3 is 18.9 Å². The first kappa shape index (κ1) is 22.9. The van der Waals surface area contributed by atoms with E-state index in [-0.39, 0.29) is 24.8 Å². The molecule has 3 atom stereocenters. The van der Waals surface area contributed by atoms with Gasteiger partial charge in [0.25, 0.3) is 0 Å². The molecule has 8 heteroatoms. The molecule has 2 aromatic carbocycles. The number of rotatable bonds is 7. The maximum Gasteiger partial charge on any atom is 0.410 e. The minimum absolute atomic E-state index is 0.0138. The highest BCUT2D eigenvalue weighted by atomic mass is 35.5. The lowest BCUT2D eigenvalue weighted by Gasteiger charge is -2.32. The number of aromatic nitrogens is 1. The van der Waals surface area contributed by atoms with Gasteiger partial charge >= 0.3 is 6.09 Å². The molecule has 0 spiro atoms. The highest BCUT2D eigenvalue weighted by Gasteiger charge is 2.48. The summed E-state index contributed by atoms with van der Waals surface area (Å²) in [6.07, 6.45) is 3.68. The zero-order valence-corrected chi connectivity index (χ0v) is 20.7. The Labute approximate surface area is 214 Å². The molecule has 3 aliphatic rings. The van der Waals surface area contributed by atoms with Crippen molar-refractivity contribution < 1.29 is 18.8 Å². The monoisotopic (exact) mass is 512 g/mol. The first-order valence-corrected chi connectivity index (χ1v) is 12.9. The van der Waals surface area contributed by atoms with Crippen LogP contribution in [0.4, 0.5) is 4.79 Å². The van der Waals surface area contributed by atoms with Crippen LogP contribution >= 0.6 is 23.2 Å². The molecular weight excluding hydrogens is 487 g/mol. The zero-order chi connectivity index (χ0) is 23.9. The van der Waals surface area contributed by atoms with Gasteiger partial charge in [-0.05, 0) is 49.3 Å². The van der Waals surface area contributed by atoms with E-state index in [1.165, 1.54) is 0 Å². The molecule has 0 radical (unpaired) electrons. The summed E-state index contributed by atoms with van der Waals surface area (Å²) < 4.78 is 17.8. The quantitative estimate of drug-likeness (QED) is 0.346. The highest BCUT2D eigenvalue weighted by Crippen LogP contribution is 2.47. The molecule has 2 aliphatic carbocycles. The van der Waals surface area contributed by atoms with Gasteiger partial charge in [-0.25, -0.2) is 4.79 Å². The molecule has 2 saturated carbocycles. The number of carbonyl (C=O) groups excluding carboxylic acids is 1. The predicted molar refractivity (Wildman–Crippen MR) is 132 cm³/mol. The van der Waals surface area contributed by atoms with Crippen molar-refractivity contribution in [2.75, 3.05) is 6.54 Å². The van der Waals surface area contributed by atoms with Crippen LogP contribution in [0.1, 0.15) is 48.5 Å². The van der Waals surface area contributed by atoms with Gasteiger partial charge in [-0.15, -0.1) is 0 Å². The van der Waals surface area contributed by atoms with Crippen molar-refractivity contribution in [3.63, 3.8) is 0 Å². The van der Waals surface area contributed by atoms with Crippen molar-refractivity contribution in [1.29, 1.82) is 0 Å². The lowest BCUT2D eigenvalue weighted by molar-refractivity contribution is -0.0208. The molecule has 3 aromatic rings. The average molecular weight is 513 g/mol. The van der Waals surface area contributed by atoms with Crippen molar-refractivity contribution in [2.24, 2.45) is 5.92 Å². The predicted octanol–water partition coefficient (Wildman–Crippen LogP) is 6.84. The molecule has 6 nitrogen and oxygen atoms in total. The summed E-state index contributed by atoms with van der Waals surface area (Å²) in [6, 6.07) is 15.2. The van der Waals surface area contributed by atoms with Crippen molar-refractivity contribution in [3.8, 4) is 11.3 Å². The average Bonchev–Trinajstić information content (AvgIpc) is 3.31. The van der Waals surface area contributed by atoms with Gasteiger partial charge in [0.05, 0.1) is 28.8 Å². The molecule has 6 rings (SSSR count). The van der Waals surface area contributed by atoms with Crippen LogP contribution in [0.25, 0.3) is 11.3 Å². The van der Waals surface area contributed by atoms with Crippen LogP contribution in [0.2, 0.25) is 10.0 Å². The van der Waals surface area contributed by atoms with Crippen LogP contribution in [0.3, 0.4) is 0 Å². The van der Waals surface area contributed by atoms with Crippen LogP contribution in [0.15, 0.2) is 53.1 Å². The fraction of sp³-hybridized carbons (Fsp3) is 0.407. The molecule has 2 heterocycles. The van der Waals surface area contributed by atoms with E-state index in [0.29, 0.717) is 39.7 Å². The number of amides is 1. The summed E-state index contributed by atoms with van der Waals surface area (Å²) >= 11 is 13.0. The Morgan fingerprint density at radius 3 is 2.51 bits per heavy atom. The van der Waals surface area contributed by atoms with Crippen molar-refractivity contribution in [2.45, 2.75) is 57.0 Å². The summed E-state index contributed by atoms with van der Waals surface area (Å²) in [7, 11) is 0. The lowest BCUT2D eigenvalue weighted by Crippen LogP contribution is -2.45. The summed E-state index contributed by atoms with van der Waals surface area (Å²) in [5.74, 6) is 1.65. The minimum atomic E-state index is -0.276. The summed E-state index contributed by atoms with van der Waals surface area (Å²) in [5.41, 5.74) is 3.20. The van der Waals surface area contributed by atoms with Crippen molar-refractivity contribution in [3.05, 3.63) is 75.5 Å². The van der Waals surface area contributed by atoms with Gasteiger partial charge in [0.1, 0.15) is 18.1 Å². The Morgan fingerprint density at radius 1 is 1.03 bits per heavy atom. The Morgan fingerprint density at radius 2 is 1.80 bits per heavy atom. The molecule has 0 unspecified atom stereocenters. The largest absolute Gasteiger partial charge is 0.445 e. The molecule has 3 fully saturated rings. The number of ether oxygens (including phenoxy) is 2. The maximum atomic E-state index is 12.8. The van der Waals surface area contributed by atoms with Crippen LogP contribution in [-0.4, -0.2) is 34.8 Å². The van der Waals surface area contributed by atoms with Gasteiger partial charge in [-0.3, -0.25) is 0 Å². The summed E-state index contributed by atoms with van der Waals surface area (Å²) in [4.78, 5) is 14.7. The third-order valence-electron chi connectivity index (χ3n) is 7.27. The number of piperidine rings is 1. The maximum absolute atomic E-state index is 12.8. The van der Waals surface area contributed by atoms with Crippen molar-refractivity contribution >= 4 is 29.3 Å². The van der Waals surface area contributed by atoms with E-state index in [1.54, 1.807) is 12.1 Å². The number of benzene rings is 2. The lowest BCUT2D eigenvalue weighted by atomic mass is 10.0. The Bertz CT molecular complexity index is 1210. The minimum Gasteiger partial charge on any atom is -0.445 e. The number of hydrogen-bond donors (Lipinski definition) is 0. The molecule has 2 bridgehead atoms. The number of halogens is 2. The normalized spacial score (nSPS) is 23.1. The van der Waals surface area contributed by atoms with E-state index in [9.17, 15) is 4.79 Å². The molecule has 1 aliphatic heterocycles. The smallest absolute Gasteiger partial charge is 0.410 e. The molecule has 1 amide bonds. The van der Waals surface area contributed by atoms with Gasteiger partial charge in [0.15, 0.2) is 0 Å². The van der Waals surface area contributed by atoms with E-state index in [1.807, 2.05) is 41.3 Å². The Hall–Kier alpha value is -2.54. The van der Waals surface area contributed by atoms with Gasteiger partial charge in [0.2, 0.25) is 0 Å². The number of carbonyl (C=O) groups is 1. The standard InChI is InChI=1S/C27H26Cl2N2O4/c28-20-7-4-8-21(29)24(20)25-19(26(35-30-25)18-9-10-18)15-33-23-12-17-11-22(23)31(13-17)27(32)34-14-16-5-2-1-3-6-16/h1-8,17-18,22-23H,9-15H2/t17-,22+,23+/m0/s1. The first-order chi connectivity index (χ1) is 17.1. The topological polar surface area (TPSA) is 64.8 Å². The third-order valence-corrected chi connectivity index (χ3v) is 7.90. The molecule has 1 aromatic heterocycles. The number of likely N-dealkylation sites (tertiary alicyclic amines) is 1. The molecule has 35 heavy (non-hydrogen) atoms. The van der Waals surface area contributed by atoms with Crippen LogP contribution in [-0.2, 0) is 22.7 Å². The second kappa shape index (κ2) is 9.49. The van der Waals surface area contributed by atoms with E-state index >= 15 is 0 Å². The number of fused-ring (bicyclic) bond motifs is 2. The number of nitrogens with zero attached hydrogens (tertiary/aromatic N) is 2. The van der Waals surface area contributed by atoms with Gasteiger partial charge in [0, 0.05) is 23.6 Å². The fourth-order valence-corrected chi connectivity index (χ4v) is 5.97. The van der Waals surface area contributed by atoms with Gasteiger partial charge in [-0.1, -0.05) is 64.8 Å². The van der Waals surface area contributed by atoms with Crippen molar-refractivity contribution in [1.82, 2.24) is 10.1 Å². The van der Waals surface area contributed by atoms with Gasteiger partial charge in [-0.2, -0.15) is 0 Å². The Kier molecular flexibility index (Phi) is 6.21. The fourth-order valence-electron chi connectivity index (χ4n) is 5.40. The van der Waals surface area contributed by atoms with Crippen LogP contribution in [0.5, 0.6) is 0 Å². The van der Waals surface area contributed by atoms with E-state index < -0.39 is 0 Å². The third kappa shape index (κ3) is 4.55. The summed E-state index contributed by atoms with van der Waals surface area (Å²) in [6.45, 7) is 1.33. The van der Waals surface area contributed by atoms with E-state index in [2.05, 4.69) is 5.16 Å². The zero-order valence-electron chi connectivity index (χ0n) is 19.2. The Balaban J connectivity index is 1.16. The van der Waals surface area contributed by atoms with E-state index in [4.69, 9.17) is 37.2 Å². The highest BCUT2D eigenvalue weighted by molar-refractivity contribution is 6.39. The van der Waals surface area contributed by atoms with E-state index in [0.717, 1.165) is 49.1 Å². The number of hydrogen-bond acceptors (Lipinski definition) is 5. The molecular formula is C27H26Cl2N2O4. The second-order valence-electron chi connectivity index (χ2n) is 9.69. The summed E-state index contributed by atoms with van der Waals surface area (Å²) in [5, 5.41) is 5.41. The SMILES string of the molecule is O=C(OCc1ccccc1)N1C[C@H]2C[C@@H]1[C@H](OCc1c(-c3c(Cl)cccc3Cl)noc1C1CC1)C2. The molecule has 1 saturated heterocycles. The first-order valence-electron chi connectivity index (χ1n) is 12.1. The molecule has 0 N–H and O–H groups in total.